The number of nitrogens with zero attached hydrogens (tertiary/aromatic N) is 2. The first-order chi connectivity index (χ1) is 18.1. The van der Waals surface area contributed by atoms with Crippen LogP contribution in [0.15, 0.2) is 115 Å². The number of hydrogen-bond donors (Lipinski definition) is 0. The fourth-order valence-electron chi connectivity index (χ4n) is 5.85. The van der Waals surface area contributed by atoms with Crippen molar-refractivity contribution >= 4 is 16.6 Å². The van der Waals surface area contributed by atoms with Crippen LogP contribution in [-0.2, 0) is 13.1 Å². The molecule has 0 bridgehead atoms. The fourth-order valence-corrected chi connectivity index (χ4v) is 5.85. The lowest BCUT2D eigenvalue weighted by Gasteiger charge is -2.23. The molecule has 0 spiro atoms. The third kappa shape index (κ3) is 3.24. The summed E-state index contributed by atoms with van der Waals surface area (Å²) in [5.74, 6) is 0. The van der Waals surface area contributed by atoms with Gasteiger partial charge in [-0.2, -0.15) is 0 Å². The molecule has 0 atom stereocenters. The first-order valence-corrected chi connectivity index (χ1v) is 12.7. The van der Waals surface area contributed by atoms with Crippen LogP contribution in [0.1, 0.15) is 23.6 Å². The Morgan fingerprint density at radius 3 is 2.05 bits per heavy atom. The second kappa shape index (κ2) is 8.21. The lowest BCUT2D eigenvalue weighted by Crippen LogP contribution is -2.27. The van der Waals surface area contributed by atoms with Crippen LogP contribution in [-0.4, -0.2) is 9.13 Å². The number of hydrogen-bond acceptors (Lipinski definition) is 1. The quantitative estimate of drug-likeness (QED) is 0.238. The fraction of sp³-hybridized carbons (Fsp3) is 0.0882. The van der Waals surface area contributed by atoms with Gasteiger partial charge in [-0.05, 0) is 63.6 Å². The van der Waals surface area contributed by atoms with Crippen LogP contribution in [0, 0.1) is 0 Å². The third-order valence-electron chi connectivity index (χ3n) is 7.69. The van der Waals surface area contributed by atoms with E-state index in [0.717, 1.165) is 33.3 Å². The highest BCUT2D eigenvalue weighted by molar-refractivity contribution is 6.05. The van der Waals surface area contributed by atoms with Gasteiger partial charge in [0.25, 0.3) is 0 Å². The number of aromatic nitrogens is 2. The van der Waals surface area contributed by atoms with E-state index in [2.05, 4.69) is 79.4 Å². The van der Waals surface area contributed by atoms with Crippen molar-refractivity contribution in [3.63, 3.8) is 0 Å². The maximum atomic E-state index is 13.6. The predicted octanol–water partition coefficient (Wildman–Crippen LogP) is 7.67. The van der Waals surface area contributed by atoms with Crippen LogP contribution in [0.4, 0.5) is 0 Å². The Hall–Kier alpha value is -4.63. The van der Waals surface area contributed by atoms with Crippen molar-refractivity contribution in [3.8, 4) is 33.4 Å². The smallest absolute Gasteiger partial charge is 0.287 e. The lowest BCUT2D eigenvalue weighted by atomic mass is 9.87. The summed E-state index contributed by atoms with van der Waals surface area (Å²) in [6.45, 7) is 7.45. The molecule has 4 aromatic carbocycles. The molecule has 2 aliphatic rings. The molecule has 0 fully saturated rings. The van der Waals surface area contributed by atoms with Crippen LogP contribution in [0.2, 0.25) is 0 Å². The van der Waals surface area contributed by atoms with Crippen LogP contribution in [0.25, 0.3) is 50.0 Å². The van der Waals surface area contributed by atoms with Crippen molar-refractivity contribution in [1.82, 2.24) is 9.13 Å². The van der Waals surface area contributed by atoms with Crippen LogP contribution in [0.5, 0.6) is 0 Å². The van der Waals surface area contributed by atoms with Gasteiger partial charge in [0.05, 0.1) is 24.1 Å². The Labute approximate surface area is 215 Å². The van der Waals surface area contributed by atoms with Gasteiger partial charge in [0, 0.05) is 11.1 Å². The highest BCUT2D eigenvalue weighted by Crippen LogP contribution is 2.44. The van der Waals surface area contributed by atoms with E-state index in [4.69, 9.17) is 0 Å². The molecule has 3 heteroatoms. The summed E-state index contributed by atoms with van der Waals surface area (Å²) in [5, 5.41) is 0. The van der Waals surface area contributed by atoms with Gasteiger partial charge in [-0.3, -0.25) is 9.13 Å². The van der Waals surface area contributed by atoms with E-state index in [0.29, 0.717) is 13.1 Å². The maximum absolute atomic E-state index is 13.6. The third-order valence-corrected chi connectivity index (χ3v) is 7.69. The Morgan fingerprint density at radius 1 is 0.730 bits per heavy atom. The van der Waals surface area contributed by atoms with E-state index in [9.17, 15) is 4.79 Å². The molecule has 1 aromatic heterocycles. The average Bonchev–Trinajstić information content (AvgIpc) is 3.22. The van der Waals surface area contributed by atoms with Gasteiger partial charge in [-0.1, -0.05) is 97.6 Å². The summed E-state index contributed by atoms with van der Waals surface area (Å²) in [4.78, 5) is 13.6. The number of allylic oxidation sites excluding steroid dienone is 5. The summed E-state index contributed by atoms with van der Waals surface area (Å²) in [7, 11) is 0. The SMILES string of the molecule is C=C(/C=C\C=C/C)c1ccc2c(c1)-c1ccc3c4c1n(c(=O)n4Cc1ccc(-c4ccccc4)cc1-3)C2. The average molecular weight is 479 g/mol. The zero-order valence-corrected chi connectivity index (χ0v) is 20.7. The molecule has 0 saturated carbocycles. The Bertz CT molecular complexity index is 1860. The minimum Gasteiger partial charge on any atom is -0.287 e. The molecule has 0 N–H and O–H groups in total. The van der Waals surface area contributed by atoms with Crippen molar-refractivity contribution in [2.75, 3.05) is 0 Å². The number of benzene rings is 4. The molecule has 37 heavy (non-hydrogen) atoms. The lowest BCUT2D eigenvalue weighted by molar-refractivity contribution is 0.697. The van der Waals surface area contributed by atoms with Gasteiger partial charge in [0.1, 0.15) is 0 Å². The van der Waals surface area contributed by atoms with E-state index in [1.54, 1.807) is 0 Å². The highest BCUT2D eigenvalue weighted by atomic mass is 16.1. The zero-order valence-electron chi connectivity index (χ0n) is 20.7. The molecular weight excluding hydrogens is 452 g/mol. The van der Waals surface area contributed by atoms with Gasteiger partial charge in [-0.15, -0.1) is 0 Å². The maximum Gasteiger partial charge on any atom is 0.329 e. The second-order valence-corrected chi connectivity index (χ2v) is 9.83. The van der Waals surface area contributed by atoms with Gasteiger partial charge in [0.2, 0.25) is 0 Å². The minimum atomic E-state index is 0.0647. The normalized spacial score (nSPS) is 13.3. The number of fused-ring (bicyclic) bond motifs is 4. The molecule has 3 nitrogen and oxygen atoms in total. The molecule has 0 amide bonds. The van der Waals surface area contributed by atoms with E-state index < -0.39 is 0 Å². The first kappa shape index (κ1) is 21.6. The Balaban J connectivity index is 1.41. The van der Waals surface area contributed by atoms with E-state index in [-0.39, 0.29) is 5.69 Å². The second-order valence-electron chi connectivity index (χ2n) is 9.83. The van der Waals surface area contributed by atoms with Crippen LogP contribution < -0.4 is 5.69 Å². The van der Waals surface area contributed by atoms with Crippen molar-refractivity contribution in [3.05, 3.63) is 137 Å². The predicted molar refractivity (Wildman–Crippen MR) is 154 cm³/mol. The van der Waals surface area contributed by atoms with Crippen molar-refractivity contribution in [1.29, 1.82) is 0 Å². The van der Waals surface area contributed by atoms with E-state index >= 15 is 0 Å². The summed E-state index contributed by atoms with van der Waals surface area (Å²) in [6, 6.07) is 28.0. The van der Waals surface area contributed by atoms with E-state index in [1.807, 2.05) is 46.4 Å². The van der Waals surface area contributed by atoms with Crippen molar-refractivity contribution in [2.45, 2.75) is 20.0 Å². The topological polar surface area (TPSA) is 26.9 Å². The van der Waals surface area contributed by atoms with Crippen LogP contribution in [0.3, 0.4) is 0 Å². The molecule has 0 radical (unpaired) electrons. The Kier molecular flexibility index (Phi) is 4.80. The van der Waals surface area contributed by atoms with Gasteiger partial charge >= 0.3 is 5.69 Å². The van der Waals surface area contributed by atoms with Crippen LogP contribution >= 0.6 is 0 Å². The van der Waals surface area contributed by atoms with E-state index in [1.165, 1.54) is 33.4 Å². The largest absolute Gasteiger partial charge is 0.329 e. The number of rotatable bonds is 4. The minimum absolute atomic E-state index is 0.0647. The van der Waals surface area contributed by atoms with Gasteiger partial charge < -0.3 is 0 Å². The van der Waals surface area contributed by atoms with Gasteiger partial charge in [0.15, 0.2) is 0 Å². The monoisotopic (exact) mass is 478 g/mol. The van der Waals surface area contributed by atoms with Crippen molar-refractivity contribution in [2.24, 2.45) is 0 Å². The zero-order chi connectivity index (χ0) is 25.1. The molecule has 0 unspecified atom stereocenters. The molecule has 3 heterocycles. The molecule has 178 valence electrons. The molecular formula is C34H26N2O. The van der Waals surface area contributed by atoms with Crippen molar-refractivity contribution < 1.29 is 0 Å². The molecule has 7 rings (SSSR count). The number of imidazole rings is 1. The highest BCUT2D eigenvalue weighted by Gasteiger charge is 2.29. The molecule has 2 aliphatic heterocycles. The molecule has 5 aromatic rings. The summed E-state index contributed by atoms with van der Waals surface area (Å²) < 4.78 is 3.92. The standard InChI is InChI=1S/C34H26N2O/c1-3-4-6-9-22(2)24-12-14-26-20-35-32-28(30(26)18-24)16-17-29-31-19-25(23-10-7-5-8-11-23)13-15-27(31)21-36(33(29)32)34(35)37/h3-19H,2,20-21H2,1H3/b4-3-,9-6-. The summed E-state index contributed by atoms with van der Waals surface area (Å²) in [5.41, 5.74) is 13.6. The summed E-state index contributed by atoms with van der Waals surface area (Å²) in [6.07, 6.45) is 8.06. The first-order valence-electron chi connectivity index (χ1n) is 12.7. The summed E-state index contributed by atoms with van der Waals surface area (Å²) >= 11 is 0. The molecule has 0 saturated heterocycles. The van der Waals surface area contributed by atoms with Gasteiger partial charge in [-0.25, -0.2) is 4.79 Å². The molecule has 0 aliphatic carbocycles. The Morgan fingerprint density at radius 2 is 1.38 bits per heavy atom.